The lowest BCUT2D eigenvalue weighted by Crippen LogP contribution is -2.15. The smallest absolute Gasteiger partial charge is 0.316 e. The molecule has 1 aromatic rings. The van der Waals surface area contributed by atoms with Crippen LogP contribution in [0.4, 0.5) is 13.2 Å². The number of halogens is 4. The van der Waals surface area contributed by atoms with Gasteiger partial charge in [-0.25, -0.2) is 0 Å². The van der Waals surface area contributed by atoms with E-state index in [1.54, 1.807) is 7.05 Å². The van der Waals surface area contributed by atoms with Gasteiger partial charge >= 0.3 is 6.18 Å². The number of nitrogens with zero attached hydrogens (tertiary/aromatic N) is 1. The lowest BCUT2D eigenvalue weighted by atomic mass is 10.2. The summed E-state index contributed by atoms with van der Waals surface area (Å²) in [6, 6.07) is 2.90. The van der Waals surface area contributed by atoms with Crippen LogP contribution in [0.2, 0.25) is 0 Å². The summed E-state index contributed by atoms with van der Waals surface area (Å²) in [6.45, 7) is 0.169. The zero-order valence-corrected chi connectivity index (χ0v) is 8.25. The molecule has 0 aliphatic rings. The van der Waals surface area contributed by atoms with E-state index < -0.39 is 11.9 Å². The lowest BCUT2D eigenvalue weighted by Gasteiger charge is -2.10. The van der Waals surface area contributed by atoms with Gasteiger partial charge in [0.25, 0.3) is 0 Å². The van der Waals surface area contributed by atoms with Crippen LogP contribution >= 0.6 is 12.4 Å². The number of nitrogens with one attached hydrogen (secondary N) is 1. The topological polar surface area (TPSA) is 24.9 Å². The summed E-state index contributed by atoms with van der Waals surface area (Å²) in [5.41, 5.74) is -0.651. The van der Waals surface area contributed by atoms with Gasteiger partial charge in [0.05, 0.1) is 0 Å². The van der Waals surface area contributed by atoms with E-state index in [9.17, 15) is 13.2 Å². The Labute approximate surface area is 85.9 Å². The van der Waals surface area contributed by atoms with Gasteiger partial charge in [0.1, 0.15) is 5.69 Å². The minimum absolute atomic E-state index is 0. The molecule has 1 N–H and O–H groups in total. The Morgan fingerprint density at radius 2 is 2.07 bits per heavy atom. The van der Waals surface area contributed by atoms with Gasteiger partial charge in [-0.15, -0.1) is 12.4 Å². The number of rotatable bonds is 2. The highest BCUT2D eigenvalue weighted by molar-refractivity contribution is 5.85. The fourth-order valence-corrected chi connectivity index (χ4v) is 1.03. The molecule has 1 heterocycles. The van der Waals surface area contributed by atoms with E-state index in [0.717, 1.165) is 6.20 Å². The van der Waals surface area contributed by atoms with E-state index in [2.05, 4.69) is 10.3 Å². The summed E-state index contributed by atoms with van der Waals surface area (Å²) in [5, 5.41) is 2.66. The maximum atomic E-state index is 12.3. The van der Waals surface area contributed by atoms with Crippen LogP contribution in [-0.4, -0.2) is 12.0 Å². The van der Waals surface area contributed by atoms with Crippen LogP contribution in [-0.2, 0) is 12.7 Å². The largest absolute Gasteiger partial charge is 0.433 e. The standard InChI is InChI=1S/C8H9F3N2.ClH/c1-12-5-6-3-2-4-13-7(6)8(9,10)11;/h2-4,12H,5H2,1H3;1H. The molecular formula is C8H10ClF3N2. The van der Waals surface area contributed by atoms with Crippen LogP contribution < -0.4 is 5.32 Å². The van der Waals surface area contributed by atoms with Gasteiger partial charge in [-0.3, -0.25) is 4.98 Å². The molecule has 0 amide bonds. The predicted octanol–water partition coefficient (Wildman–Crippen LogP) is 2.24. The SMILES string of the molecule is CNCc1cccnc1C(F)(F)F.Cl. The normalized spacial score (nSPS) is 10.9. The van der Waals surface area contributed by atoms with Crippen molar-refractivity contribution in [3.05, 3.63) is 29.6 Å². The second-order valence-electron chi connectivity index (χ2n) is 2.54. The third kappa shape index (κ3) is 3.16. The fourth-order valence-electron chi connectivity index (χ4n) is 1.03. The second kappa shape index (κ2) is 5.17. The van der Waals surface area contributed by atoms with E-state index in [1.165, 1.54) is 12.1 Å². The zero-order valence-electron chi connectivity index (χ0n) is 7.43. The van der Waals surface area contributed by atoms with E-state index in [1.807, 2.05) is 0 Å². The molecule has 0 spiro atoms. The average Bonchev–Trinajstić information content (AvgIpc) is 2.04. The van der Waals surface area contributed by atoms with Gasteiger partial charge in [0, 0.05) is 12.7 Å². The summed E-state index contributed by atoms with van der Waals surface area (Å²) >= 11 is 0. The molecule has 0 bridgehead atoms. The molecule has 0 aromatic carbocycles. The average molecular weight is 227 g/mol. The maximum absolute atomic E-state index is 12.3. The highest BCUT2D eigenvalue weighted by atomic mass is 35.5. The number of pyridine rings is 1. The van der Waals surface area contributed by atoms with Crippen molar-refractivity contribution in [1.29, 1.82) is 0 Å². The number of aromatic nitrogens is 1. The van der Waals surface area contributed by atoms with Gasteiger partial charge in [-0.05, 0) is 18.7 Å². The summed E-state index contributed by atoms with van der Waals surface area (Å²) in [7, 11) is 1.59. The Bertz CT molecular complexity index is 288. The lowest BCUT2D eigenvalue weighted by molar-refractivity contribution is -0.141. The summed E-state index contributed by atoms with van der Waals surface area (Å²) in [4.78, 5) is 3.30. The van der Waals surface area contributed by atoms with Crippen LogP contribution in [0, 0.1) is 0 Å². The van der Waals surface area contributed by atoms with Crippen molar-refractivity contribution in [2.75, 3.05) is 7.05 Å². The quantitative estimate of drug-likeness (QED) is 0.837. The van der Waals surface area contributed by atoms with Crippen molar-refractivity contribution in [3.8, 4) is 0 Å². The van der Waals surface area contributed by atoms with E-state index in [-0.39, 0.29) is 24.5 Å². The summed E-state index contributed by atoms with van der Waals surface area (Å²) < 4.78 is 36.8. The first-order valence-electron chi connectivity index (χ1n) is 3.71. The van der Waals surface area contributed by atoms with Crippen molar-refractivity contribution in [1.82, 2.24) is 10.3 Å². The first kappa shape index (κ1) is 13.2. The van der Waals surface area contributed by atoms with Crippen LogP contribution in [0.5, 0.6) is 0 Å². The first-order valence-corrected chi connectivity index (χ1v) is 3.71. The number of alkyl halides is 3. The van der Waals surface area contributed by atoms with Crippen LogP contribution in [0.3, 0.4) is 0 Å². The monoisotopic (exact) mass is 226 g/mol. The minimum Gasteiger partial charge on any atom is -0.316 e. The molecule has 80 valence electrons. The molecule has 0 aliphatic carbocycles. The Morgan fingerprint density at radius 1 is 1.43 bits per heavy atom. The molecule has 0 saturated carbocycles. The molecule has 14 heavy (non-hydrogen) atoms. The molecule has 1 rings (SSSR count). The number of hydrogen-bond acceptors (Lipinski definition) is 2. The highest BCUT2D eigenvalue weighted by Gasteiger charge is 2.34. The predicted molar refractivity (Wildman–Crippen MR) is 49.3 cm³/mol. The third-order valence-electron chi connectivity index (χ3n) is 1.53. The van der Waals surface area contributed by atoms with Gasteiger partial charge in [0.15, 0.2) is 0 Å². The van der Waals surface area contributed by atoms with Gasteiger partial charge in [-0.1, -0.05) is 6.07 Å². The molecule has 0 unspecified atom stereocenters. The van der Waals surface area contributed by atoms with Crippen LogP contribution in [0.25, 0.3) is 0 Å². The van der Waals surface area contributed by atoms with E-state index >= 15 is 0 Å². The molecule has 2 nitrogen and oxygen atoms in total. The van der Waals surface area contributed by atoms with Crippen molar-refractivity contribution in [3.63, 3.8) is 0 Å². The molecule has 0 fully saturated rings. The number of hydrogen-bond donors (Lipinski definition) is 1. The van der Waals surface area contributed by atoms with E-state index in [4.69, 9.17) is 0 Å². The Morgan fingerprint density at radius 3 is 2.57 bits per heavy atom. The van der Waals surface area contributed by atoms with Crippen molar-refractivity contribution < 1.29 is 13.2 Å². The highest BCUT2D eigenvalue weighted by Crippen LogP contribution is 2.29. The van der Waals surface area contributed by atoms with Gasteiger partial charge in [0.2, 0.25) is 0 Å². The van der Waals surface area contributed by atoms with Crippen molar-refractivity contribution >= 4 is 12.4 Å². The summed E-state index contributed by atoms with van der Waals surface area (Å²) in [6.07, 6.45) is -3.23. The van der Waals surface area contributed by atoms with Crippen LogP contribution in [0.1, 0.15) is 11.3 Å². The van der Waals surface area contributed by atoms with Crippen molar-refractivity contribution in [2.24, 2.45) is 0 Å². The van der Waals surface area contributed by atoms with Crippen LogP contribution in [0.15, 0.2) is 18.3 Å². The summed E-state index contributed by atoms with van der Waals surface area (Å²) in [5.74, 6) is 0. The minimum atomic E-state index is -4.37. The molecule has 0 aliphatic heterocycles. The third-order valence-corrected chi connectivity index (χ3v) is 1.53. The van der Waals surface area contributed by atoms with Crippen molar-refractivity contribution in [2.45, 2.75) is 12.7 Å². The molecule has 0 radical (unpaired) electrons. The Hall–Kier alpha value is -0.810. The van der Waals surface area contributed by atoms with Gasteiger partial charge in [-0.2, -0.15) is 13.2 Å². The molecule has 1 aromatic heterocycles. The van der Waals surface area contributed by atoms with E-state index in [0.29, 0.717) is 0 Å². The Balaban J connectivity index is 0.00000169. The van der Waals surface area contributed by atoms with Gasteiger partial charge < -0.3 is 5.32 Å². The molecule has 0 saturated heterocycles. The second-order valence-corrected chi connectivity index (χ2v) is 2.54. The zero-order chi connectivity index (χ0) is 9.90. The molecule has 0 atom stereocenters. The first-order chi connectivity index (χ1) is 6.05. The maximum Gasteiger partial charge on any atom is 0.433 e. The molecule has 6 heteroatoms. The fraction of sp³-hybridized carbons (Fsp3) is 0.375. The molecular weight excluding hydrogens is 217 g/mol. The Kier molecular flexibility index (Phi) is 4.87.